The van der Waals surface area contributed by atoms with Crippen LogP contribution < -0.4 is 11.1 Å². The Balaban J connectivity index is 2.68. The number of benzene rings is 1. The van der Waals surface area contributed by atoms with Crippen molar-refractivity contribution in [3.05, 3.63) is 29.8 Å². The minimum atomic E-state index is -0.486. The molecule has 0 aromatic heterocycles. The van der Waals surface area contributed by atoms with Crippen LogP contribution in [0.15, 0.2) is 29.4 Å². The van der Waals surface area contributed by atoms with Gasteiger partial charge >= 0.3 is 6.03 Å². The second-order valence-corrected chi connectivity index (χ2v) is 4.11. The molecule has 0 aliphatic heterocycles. The fraction of sp³-hybridized carbons (Fsp3) is 0.333. The van der Waals surface area contributed by atoms with E-state index in [2.05, 4.69) is 10.5 Å². The van der Waals surface area contributed by atoms with Crippen molar-refractivity contribution in [1.82, 2.24) is 4.90 Å². The molecule has 0 heterocycles. The van der Waals surface area contributed by atoms with Crippen LogP contribution in [0.2, 0.25) is 0 Å². The van der Waals surface area contributed by atoms with Crippen molar-refractivity contribution in [3.63, 3.8) is 0 Å². The highest BCUT2D eigenvalue weighted by molar-refractivity contribution is 5.94. The van der Waals surface area contributed by atoms with Gasteiger partial charge in [0.1, 0.15) is 0 Å². The molecule has 0 spiro atoms. The molecule has 0 bridgehead atoms. The van der Waals surface area contributed by atoms with Crippen LogP contribution >= 0.6 is 0 Å². The number of carbonyl (C=O) groups excluding carboxylic acids is 1. The Kier molecular flexibility index (Phi) is 4.53. The molecule has 1 unspecified atom stereocenters. The lowest BCUT2D eigenvalue weighted by Crippen LogP contribution is -2.45. The van der Waals surface area contributed by atoms with Crippen LogP contribution in [0.1, 0.15) is 12.5 Å². The zero-order chi connectivity index (χ0) is 13.7. The maximum Gasteiger partial charge on any atom is 0.322 e. The molecule has 0 radical (unpaired) electrons. The molecule has 1 rings (SSSR count). The van der Waals surface area contributed by atoms with Crippen LogP contribution in [0.4, 0.5) is 10.5 Å². The smallest absolute Gasteiger partial charge is 0.322 e. The number of amidine groups is 1. The quantitative estimate of drug-likeness (QED) is 0.329. The van der Waals surface area contributed by atoms with E-state index in [1.807, 2.05) is 31.2 Å². The Bertz CT molecular complexity index is 442. The Morgan fingerprint density at radius 2 is 2.00 bits per heavy atom. The van der Waals surface area contributed by atoms with Crippen molar-refractivity contribution < 1.29 is 10.0 Å². The summed E-state index contributed by atoms with van der Waals surface area (Å²) in [5.74, 6) is -0.0171. The standard InChI is InChI=1S/C12H18N4O2/c1-8-4-6-10(7-5-8)14-12(17)16(3)9(2)11(13)15-18/h4-7,9,18H,1-3H3,(H2,13,15)(H,14,17). The number of nitrogens with one attached hydrogen (secondary N) is 1. The van der Waals surface area contributed by atoms with Gasteiger partial charge < -0.3 is 21.2 Å². The number of hydrogen-bond acceptors (Lipinski definition) is 3. The number of carbonyl (C=O) groups is 1. The topological polar surface area (TPSA) is 91.0 Å². The van der Waals surface area contributed by atoms with Crippen molar-refractivity contribution in [3.8, 4) is 0 Å². The first-order valence-corrected chi connectivity index (χ1v) is 5.53. The number of amides is 2. The van der Waals surface area contributed by atoms with Crippen LogP contribution in [0.3, 0.4) is 0 Å². The number of likely N-dealkylation sites (N-methyl/N-ethyl adjacent to an activating group) is 1. The van der Waals surface area contributed by atoms with Crippen LogP contribution in [-0.2, 0) is 0 Å². The molecule has 98 valence electrons. The molecule has 1 aromatic rings. The van der Waals surface area contributed by atoms with Crippen molar-refractivity contribution in [1.29, 1.82) is 0 Å². The lowest BCUT2D eigenvalue weighted by atomic mass is 10.2. The van der Waals surface area contributed by atoms with Gasteiger partial charge in [0, 0.05) is 12.7 Å². The summed E-state index contributed by atoms with van der Waals surface area (Å²) in [7, 11) is 1.58. The van der Waals surface area contributed by atoms with Crippen molar-refractivity contribution in [2.45, 2.75) is 19.9 Å². The Hall–Kier alpha value is -2.24. The highest BCUT2D eigenvalue weighted by Crippen LogP contribution is 2.10. The molecule has 1 aromatic carbocycles. The number of oxime groups is 1. The summed E-state index contributed by atoms with van der Waals surface area (Å²) < 4.78 is 0. The van der Waals surface area contributed by atoms with Gasteiger partial charge in [-0.3, -0.25) is 0 Å². The van der Waals surface area contributed by atoms with Crippen molar-refractivity contribution >= 4 is 17.6 Å². The van der Waals surface area contributed by atoms with Crippen LogP contribution in [0.25, 0.3) is 0 Å². The normalized spacial score (nSPS) is 12.9. The summed E-state index contributed by atoms with van der Waals surface area (Å²) in [6.07, 6.45) is 0. The fourth-order valence-corrected chi connectivity index (χ4v) is 1.31. The number of rotatable bonds is 3. The van der Waals surface area contributed by atoms with E-state index < -0.39 is 6.04 Å². The maximum atomic E-state index is 11.9. The van der Waals surface area contributed by atoms with E-state index in [0.29, 0.717) is 5.69 Å². The fourth-order valence-electron chi connectivity index (χ4n) is 1.31. The number of aryl methyl sites for hydroxylation is 1. The number of hydrogen-bond donors (Lipinski definition) is 3. The van der Waals surface area contributed by atoms with Crippen molar-refractivity contribution in [2.24, 2.45) is 10.9 Å². The predicted molar refractivity (Wildman–Crippen MR) is 70.8 cm³/mol. The van der Waals surface area contributed by atoms with E-state index in [1.54, 1.807) is 14.0 Å². The third kappa shape index (κ3) is 3.38. The van der Waals surface area contributed by atoms with Gasteiger partial charge in [-0.15, -0.1) is 0 Å². The first-order valence-electron chi connectivity index (χ1n) is 5.53. The van der Waals surface area contributed by atoms with Gasteiger partial charge in [0.25, 0.3) is 0 Å². The third-order valence-corrected chi connectivity index (χ3v) is 2.75. The number of urea groups is 1. The second-order valence-electron chi connectivity index (χ2n) is 4.11. The van der Waals surface area contributed by atoms with E-state index in [1.165, 1.54) is 4.90 Å². The molecule has 1 atom stereocenters. The molecule has 0 aliphatic rings. The van der Waals surface area contributed by atoms with Crippen LogP contribution in [0.5, 0.6) is 0 Å². The molecule has 2 amide bonds. The minimum absolute atomic E-state index is 0.0171. The molecule has 0 aliphatic carbocycles. The average Bonchev–Trinajstić information content (AvgIpc) is 2.38. The van der Waals surface area contributed by atoms with Crippen LogP contribution in [-0.4, -0.2) is 35.1 Å². The molecule has 4 N–H and O–H groups in total. The Labute approximate surface area is 106 Å². The van der Waals surface area contributed by atoms with E-state index in [0.717, 1.165) is 5.56 Å². The molecule has 0 saturated carbocycles. The summed E-state index contributed by atoms with van der Waals surface area (Å²) in [5.41, 5.74) is 7.26. The Morgan fingerprint density at radius 3 is 2.50 bits per heavy atom. The van der Waals surface area contributed by atoms with Gasteiger partial charge in [0.2, 0.25) is 0 Å². The number of nitrogens with two attached hydrogens (primary N) is 1. The molecule has 6 nitrogen and oxygen atoms in total. The third-order valence-electron chi connectivity index (χ3n) is 2.75. The van der Waals surface area contributed by atoms with Gasteiger partial charge in [-0.1, -0.05) is 22.9 Å². The first kappa shape index (κ1) is 13.8. The van der Waals surface area contributed by atoms with E-state index >= 15 is 0 Å². The van der Waals surface area contributed by atoms with Crippen molar-refractivity contribution in [2.75, 3.05) is 12.4 Å². The van der Waals surface area contributed by atoms with E-state index in [4.69, 9.17) is 10.9 Å². The van der Waals surface area contributed by atoms with Gasteiger partial charge in [-0.05, 0) is 26.0 Å². The van der Waals surface area contributed by atoms with Crippen LogP contribution in [0, 0.1) is 6.92 Å². The molecule has 18 heavy (non-hydrogen) atoms. The average molecular weight is 250 g/mol. The van der Waals surface area contributed by atoms with E-state index in [9.17, 15) is 4.79 Å². The second kappa shape index (κ2) is 5.90. The summed E-state index contributed by atoms with van der Waals surface area (Å²) in [5, 5.41) is 14.2. The predicted octanol–water partition coefficient (Wildman–Crippen LogP) is 1.59. The largest absolute Gasteiger partial charge is 0.409 e. The van der Waals surface area contributed by atoms with Gasteiger partial charge in [-0.25, -0.2) is 4.79 Å². The highest BCUT2D eigenvalue weighted by atomic mass is 16.4. The zero-order valence-corrected chi connectivity index (χ0v) is 10.7. The zero-order valence-electron chi connectivity index (χ0n) is 10.7. The SMILES string of the molecule is Cc1ccc(NC(=O)N(C)C(C)C(N)=NO)cc1. The highest BCUT2D eigenvalue weighted by Gasteiger charge is 2.19. The minimum Gasteiger partial charge on any atom is -0.409 e. The monoisotopic (exact) mass is 250 g/mol. The number of nitrogens with zero attached hydrogens (tertiary/aromatic N) is 2. The molecular weight excluding hydrogens is 232 g/mol. The van der Waals surface area contributed by atoms with Gasteiger partial charge in [0.05, 0.1) is 6.04 Å². The molecule has 6 heteroatoms. The summed E-state index contributed by atoms with van der Waals surface area (Å²) in [6.45, 7) is 3.64. The summed E-state index contributed by atoms with van der Waals surface area (Å²) in [6, 6.07) is 6.63. The molecule has 0 fully saturated rings. The van der Waals surface area contributed by atoms with Gasteiger partial charge in [0.15, 0.2) is 5.84 Å². The summed E-state index contributed by atoms with van der Waals surface area (Å²) in [4.78, 5) is 13.2. The Morgan fingerprint density at radius 1 is 1.44 bits per heavy atom. The summed E-state index contributed by atoms with van der Waals surface area (Å²) >= 11 is 0. The lowest BCUT2D eigenvalue weighted by molar-refractivity contribution is 0.217. The molecule has 0 saturated heterocycles. The number of anilines is 1. The lowest BCUT2D eigenvalue weighted by Gasteiger charge is -2.24. The molecular formula is C12H18N4O2. The first-order chi connectivity index (χ1) is 8.45. The van der Waals surface area contributed by atoms with Gasteiger partial charge in [-0.2, -0.15) is 0 Å². The maximum absolute atomic E-state index is 11.9. The van der Waals surface area contributed by atoms with E-state index in [-0.39, 0.29) is 11.9 Å².